The number of anilines is 3. The van der Waals surface area contributed by atoms with Gasteiger partial charge in [-0.25, -0.2) is 0 Å². The molecule has 3 rings (SSSR count). The maximum absolute atomic E-state index is 12.3. The van der Waals surface area contributed by atoms with Gasteiger partial charge in [0.25, 0.3) is 5.91 Å². The smallest absolute Gasteiger partial charge is 0.306 e. The van der Waals surface area contributed by atoms with Crippen molar-refractivity contribution in [1.82, 2.24) is 0 Å². The van der Waals surface area contributed by atoms with Gasteiger partial charge in [-0.05, 0) is 85.0 Å². The van der Waals surface area contributed by atoms with Gasteiger partial charge in [0.1, 0.15) is 11.5 Å². The predicted molar refractivity (Wildman–Crippen MR) is 155 cm³/mol. The third-order valence-electron chi connectivity index (χ3n) is 5.79. The molecule has 3 N–H and O–H groups in total. The highest BCUT2D eigenvalue weighted by Crippen LogP contribution is 2.32. The Morgan fingerprint density at radius 2 is 1.32 bits per heavy atom. The molecule has 0 heterocycles. The fourth-order valence-corrected chi connectivity index (χ4v) is 3.81. The van der Waals surface area contributed by atoms with Crippen LogP contribution in [0, 0.1) is 6.92 Å². The number of amides is 3. The van der Waals surface area contributed by atoms with E-state index in [4.69, 9.17) is 9.47 Å². The zero-order chi connectivity index (χ0) is 29.1. The largest absolute Gasteiger partial charge is 0.457 e. The second-order valence-corrected chi connectivity index (χ2v) is 9.69. The minimum Gasteiger partial charge on any atom is -0.457 e. The molecule has 0 aliphatic rings. The summed E-state index contributed by atoms with van der Waals surface area (Å²) < 4.78 is 11.1. The molecule has 3 amide bonds. The van der Waals surface area contributed by atoms with Gasteiger partial charge in [0.05, 0.1) is 0 Å². The van der Waals surface area contributed by atoms with E-state index < -0.39 is 18.5 Å². The lowest BCUT2D eigenvalue weighted by Crippen LogP contribution is -2.21. The van der Waals surface area contributed by atoms with Crippen molar-refractivity contribution in [2.24, 2.45) is 0 Å². The van der Waals surface area contributed by atoms with Gasteiger partial charge in [0.15, 0.2) is 6.61 Å². The average molecular weight is 546 g/mol. The molecular formula is C31H35N3O6. The van der Waals surface area contributed by atoms with E-state index in [1.807, 2.05) is 13.0 Å². The van der Waals surface area contributed by atoms with Crippen LogP contribution in [0.4, 0.5) is 17.1 Å². The summed E-state index contributed by atoms with van der Waals surface area (Å²) in [6, 6.07) is 19.8. The van der Waals surface area contributed by atoms with E-state index >= 15 is 0 Å². The maximum Gasteiger partial charge on any atom is 0.306 e. The first kappa shape index (κ1) is 29.9. The molecule has 0 unspecified atom stereocenters. The topological polar surface area (TPSA) is 123 Å². The number of ether oxygens (including phenoxy) is 2. The van der Waals surface area contributed by atoms with Crippen molar-refractivity contribution in [2.75, 3.05) is 22.6 Å². The Bertz CT molecular complexity index is 1330. The lowest BCUT2D eigenvalue weighted by atomic mass is 10.0. The molecule has 0 bridgehead atoms. The summed E-state index contributed by atoms with van der Waals surface area (Å²) in [5.41, 5.74) is 3.96. The summed E-state index contributed by atoms with van der Waals surface area (Å²) in [4.78, 5) is 47.4. The zero-order valence-electron chi connectivity index (χ0n) is 23.2. The normalized spacial score (nSPS) is 10.5. The van der Waals surface area contributed by atoms with Crippen LogP contribution in [0.5, 0.6) is 11.5 Å². The molecule has 3 aromatic carbocycles. The zero-order valence-corrected chi connectivity index (χ0v) is 23.2. The predicted octanol–water partition coefficient (Wildman–Crippen LogP) is 6.16. The van der Waals surface area contributed by atoms with Gasteiger partial charge < -0.3 is 25.4 Å². The summed E-state index contributed by atoms with van der Waals surface area (Å²) in [6.45, 7) is 7.22. The van der Waals surface area contributed by atoms with Crippen LogP contribution in [0.15, 0.2) is 66.7 Å². The number of benzene rings is 3. The third-order valence-corrected chi connectivity index (χ3v) is 5.79. The SMILES string of the molecule is CC(=O)Nc1ccc(NC(=O)COC(=O)CCCC(=O)Nc2ccc(Oc3cc(C)ccc3C(C)C)cc2)cc1. The Labute approximate surface area is 234 Å². The van der Waals surface area contributed by atoms with Crippen molar-refractivity contribution < 1.29 is 28.7 Å². The molecule has 0 radical (unpaired) electrons. The third kappa shape index (κ3) is 9.90. The Kier molecular flexibility index (Phi) is 10.8. The van der Waals surface area contributed by atoms with Gasteiger partial charge in [0.2, 0.25) is 11.8 Å². The van der Waals surface area contributed by atoms with E-state index in [1.165, 1.54) is 6.92 Å². The average Bonchev–Trinajstić information content (AvgIpc) is 2.89. The molecule has 0 aliphatic carbocycles. The molecule has 0 spiro atoms. The molecule has 210 valence electrons. The summed E-state index contributed by atoms with van der Waals surface area (Å²) in [6.07, 6.45) is 0.415. The van der Waals surface area contributed by atoms with Gasteiger partial charge in [-0.15, -0.1) is 0 Å². The number of hydrogen-bond donors (Lipinski definition) is 3. The van der Waals surface area contributed by atoms with E-state index in [0.29, 0.717) is 28.7 Å². The number of hydrogen-bond acceptors (Lipinski definition) is 6. The van der Waals surface area contributed by atoms with Crippen molar-refractivity contribution >= 4 is 40.8 Å². The van der Waals surface area contributed by atoms with E-state index in [9.17, 15) is 19.2 Å². The molecule has 0 fully saturated rings. The molecule has 40 heavy (non-hydrogen) atoms. The molecule has 9 nitrogen and oxygen atoms in total. The number of rotatable bonds is 12. The van der Waals surface area contributed by atoms with Crippen LogP contribution >= 0.6 is 0 Å². The first-order valence-electron chi connectivity index (χ1n) is 13.1. The molecular weight excluding hydrogens is 510 g/mol. The van der Waals surface area contributed by atoms with Crippen molar-refractivity contribution in [2.45, 2.75) is 52.9 Å². The fourth-order valence-electron chi connectivity index (χ4n) is 3.81. The van der Waals surface area contributed by atoms with Crippen LogP contribution in [-0.4, -0.2) is 30.3 Å². The summed E-state index contributed by atoms with van der Waals surface area (Å²) in [5, 5.41) is 8.04. The maximum atomic E-state index is 12.3. The van der Waals surface area contributed by atoms with Crippen molar-refractivity contribution in [3.05, 3.63) is 77.9 Å². The van der Waals surface area contributed by atoms with E-state index in [-0.39, 0.29) is 31.1 Å². The minimum atomic E-state index is -0.567. The Morgan fingerprint density at radius 1 is 0.750 bits per heavy atom. The van der Waals surface area contributed by atoms with Crippen molar-refractivity contribution in [3.63, 3.8) is 0 Å². The van der Waals surface area contributed by atoms with Crippen LogP contribution < -0.4 is 20.7 Å². The van der Waals surface area contributed by atoms with Gasteiger partial charge >= 0.3 is 5.97 Å². The monoisotopic (exact) mass is 545 g/mol. The van der Waals surface area contributed by atoms with E-state index in [0.717, 1.165) is 16.9 Å². The number of carbonyl (C=O) groups excluding carboxylic acids is 4. The standard InChI is InChI=1S/C31H35N3O6/c1-20(2)27-17-8-21(3)18-28(27)40-26-15-13-25(14-16-26)33-29(36)6-5-7-31(38)39-19-30(37)34-24-11-9-23(10-12-24)32-22(4)35/h8-18,20H,5-7,19H2,1-4H3,(H,32,35)(H,33,36)(H,34,37). The van der Waals surface area contributed by atoms with Gasteiger partial charge in [-0.2, -0.15) is 0 Å². The number of nitrogens with one attached hydrogen (secondary N) is 3. The summed E-state index contributed by atoms with van der Waals surface area (Å²) in [7, 11) is 0. The number of aryl methyl sites for hydroxylation is 1. The van der Waals surface area contributed by atoms with Crippen LogP contribution in [-0.2, 0) is 23.9 Å². The second kappa shape index (κ2) is 14.5. The quantitative estimate of drug-likeness (QED) is 0.234. The first-order chi connectivity index (χ1) is 19.1. The van der Waals surface area contributed by atoms with Gasteiger partial charge in [-0.3, -0.25) is 19.2 Å². The van der Waals surface area contributed by atoms with E-state index in [1.54, 1.807) is 48.5 Å². The lowest BCUT2D eigenvalue weighted by Gasteiger charge is -2.15. The van der Waals surface area contributed by atoms with E-state index in [2.05, 4.69) is 41.9 Å². The minimum absolute atomic E-state index is 0.00751. The second-order valence-electron chi connectivity index (χ2n) is 9.69. The highest BCUT2D eigenvalue weighted by Gasteiger charge is 2.12. The highest BCUT2D eigenvalue weighted by molar-refractivity contribution is 5.94. The highest BCUT2D eigenvalue weighted by atomic mass is 16.5. The van der Waals surface area contributed by atoms with Crippen LogP contribution in [0.1, 0.15) is 57.1 Å². The Hall–Kier alpha value is -4.66. The lowest BCUT2D eigenvalue weighted by molar-refractivity contribution is -0.147. The Balaban J connectivity index is 1.36. The first-order valence-corrected chi connectivity index (χ1v) is 13.1. The molecule has 0 atom stereocenters. The van der Waals surface area contributed by atoms with Crippen LogP contribution in [0.25, 0.3) is 0 Å². The van der Waals surface area contributed by atoms with Crippen LogP contribution in [0.3, 0.4) is 0 Å². The van der Waals surface area contributed by atoms with Gasteiger partial charge in [-0.1, -0.05) is 26.0 Å². The number of carbonyl (C=O) groups is 4. The fraction of sp³-hybridized carbons (Fsp3) is 0.290. The summed E-state index contributed by atoms with van der Waals surface area (Å²) in [5.74, 6) is 0.316. The van der Waals surface area contributed by atoms with Crippen LogP contribution in [0.2, 0.25) is 0 Å². The molecule has 3 aromatic rings. The number of esters is 1. The molecule has 0 saturated heterocycles. The van der Waals surface area contributed by atoms with Crippen molar-refractivity contribution in [3.8, 4) is 11.5 Å². The molecule has 0 saturated carbocycles. The summed E-state index contributed by atoms with van der Waals surface area (Å²) >= 11 is 0. The molecule has 0 aliphatic heterocycles. The molecule has 9 heteroatoms. The molecule has 0 aromatic heterocycles. The Morgan fingerprint density at radius 3 is 1.93 bits per heavy atom. The van der Waals surface area contributed by atoms with Gasteiger partial charge in [0, 0.05) is 36.8 Å². The van der Waals surface area contributed by atoms with Crippen molar-refractivity contribution in [1.29, 1.82) is 0 Å².